The van der Waals surface area contributed by atoms with Gasteiger partial charge in [-0.3, -0.25) is 9.59 Å². The number of benzene rings is 1. The quantitative estimate of drug-likeness (QED) is 0.626. The fourth-order valence-electron chi connectivity index (χ4n) is 1.42. The van der Waals surface area contributed by atoms with Gasteiger partial charge in [-0.25, -0.2) is 4.39 Å². The normalized spacial score (nSPS) is 10.2. The zero-order valence-electron chi connectivity index (χ0n) is 11.0. The lowest BCUT2D eigenvalue weighted by atomic mass is 10.3. The molecule has 0 heterocycles. The Balaban J connectivity index is 2.37. The van der Waals surface area contributed by atoms with Crippen molar-refractivity contribution in [1.29, 1.82) is 0 Å². The highest BCUT2D eigenvalue weighted by Crippen LogP contribution is 2.19. The Labute approximate surface area is 126 Å². The lowest BCUT2D eigenvalue weighted by Gasteiger charge is -2.07. The van der Waals surface area contributed by atoms with E-state index in [4.69, 9.17) is 11.6 Å². The molecule has 0 saturated carbocycles. The van der Waals surface area contributed by atoms with Gasteiger partial charge in [-0.1, -0.05) is 11.6 Å². The maximum absolute atomic E-state index is 12.9. The van der Waals surface area contributed by atoms with E-state index in [2.05, 4.69) is 10.6 Å². The van der Waals surface area contributed by atoms with Crippen molar-refractivity contribution in [3.05, 3.63) is 29.0 Å². The van der Waals surface area contributed by atoms with Crippen LogP contribution in [0.2, 0.25) is 5.02 Å². The summed E-state index contributed by atoms with van der Waals surface area (Å²) in [5, 5.41) is 4.77. The van der Waals surface area contributed by atoms with Crippen LogP contribution in [0.1, 0.15) is 12.8 Å². The number of anilines is 1. The van der Waals surface area contributed by atoms with Crippen molar-refractivity contribution in [2.24, 2.45) is 0 Å². The van der Waals surface area contributed by atoms with Crippen LogP contribution in [0, 0.1) is 5.82 Å². The molecule has 0 saturated heterocycles. The van der Waals surface area contributed by atoms with Gasteiger partial charge in [-0.05, 0) is 43.0 Å². The van der Waals surface area contributed by atoms with E-state index >= 15 is 0 Å². The zero-order valence-corrected chi connectivity index (χ0v) is 12.6. The zero-order chi connectivity index (χ0) is 15.0. The number of rotatable bonds is 6. The fraction of sp³-hybridized carbons (Fsp3) is 0.385. The highest BCUT2D eigenvalue weighted by molar-refractivity contribution is 7.98. The molecule has 0 aliphatic rings. The summed E-state index contributed by atoms with van der Waals surface area (Å²) in [6.07, 6.45) is 3.82. The van der Waals surface area contributed by atoms with Crippen LogP contribution < -0.4 is 10.6 Å². The summed E-state index contributed by atoms with van der Waals surface area (Å²) in [5.41, 5.74) is 0.277. The van der Waals surface area contributed by atoms with Crippen LogP contribution in [-0.2, 0) is 9.59 Å². The summed E-state index contributed by atoms with van der Waals surface area (Å²) in [6, 6.07) is 3.71. The molecule has 0 bridgehead atoms. The Morgan fingerprint density at radius 1 is 1.30 bits per heavy atom. The summed E-state index contributed by atoms with van der Waals surface area (Å²) in [4.78, 5) is 23.1. The molecule has 110 valence electrons. The lowest BCUT2D eigenvalue weighted by molar-refractivity contribution is -0.136. The molecule has 1 aromatic rings. The Bertz CT molecular complexity index is 485. The van der Waals surface area contributed by atoms with E-state index < -0.39 is 17.6 Å². The van der Waals surface area contributed by atoms with Gasteiger partial charge in [0.1, 0.15) is 5.82 Å². The third kappa shape index (κ3) is 5.79. The monoisotopic (exact) mass is 318 g/mol. The SMILES string of the molecule is CSCCCCNC(=O)C(=O)Nc1ccc(F)c(Cl)c1. The van der Waals surface area contributed by atoms with Gasteiger partial charge in [0.15, 0.2) is 0 Å². The van der Waals surface area contributed by atoms with Crippen LogP contribution in [0.3, 0.4) is 0 Å². The van der Waals surface area contributed by atoms with Gasteiger partial charge < -0.3 is 10.6 Å². The highest BCUT2D eigenvalue weighted by Gasteiger charge is 2.13. The van der Waals surface area contributed by atoms with Crippen molar-refractivity contribution in [2.45, 2.75) is 12.8 Å². The van der Waals surface area contributed by atoms with Crippen molar-refractivity contribution in [3.63, 3.8) is 0 Å². The minimum atomic E-state index is -0.794. The Morgan fingerprint density at radius 2 is 2.05 bits per heavy atom. The fourth-order valence-corrected chi connectivity index (χ4v) is 2.09. The topological polar surface area (TPSA) is 58.2 Å². The molecule has 0 aromatic heterocycles. The molecular formula is C13H16ClFN2O2S. The number of halogens is 2. The number of unbranched alkanes of at least 4 members (excludes halogenated alkanes) is 1. The van der Waals surface area contributed by atoms with Gasteiger partial charge in [0, 0.05) is 12.2 Å². The van der Waals surface area contributed by atoms with Crippen LogP contribution in [-0.4, -0.2) is 30.4 Å². The first kappa shape index (κ1) is 16.8. The van der Waals surface area contributed by atoms with E-state index in [0.29, 0.717) is 6.54 Å². The molecule has 0 aliphatic heterocycles. The molecule has 2 N–H and O–H groups in total. The number of hydrogen-bond donors (Lipinski definition) is 2. The van der Waals surface area contributed by atoms with Gasteiger partial charge in [0.25, 0.3) is 0 Å². The molecule has 7 heteroatoms. The maximum atomic E-state index is 12.9. The average molecular weight is 319 g/mol. The number of hydrogen-bond acceptors (Lipinski definition) is 3. The predicted octanol–water partition coefficient (Wildman–Crippen LogP) is 2.68. The minimum absolute atomic E-state index is 0.111. The van der Waals surface area contributed by atoms with Crippen LogP contribution in [0.15, 0.2) is 18.2 Å². The molecule has 0 spiro atoms. The second-order valence-electron chi connectivity index (χ2n) is 4.04. The van der Waals surface area contributed by atoms with E-state index in [1.165, 1.54) is 12.1 Å². The number of carbonyl (C=O) groups excluding carboxylic acids is 2. The van der Waals surface area contributed by atoms with E-state index in [1.807, 2.05) is 6.26 Å². The average Bonchev–Trinajstić information content (AvgIpc) is 2.42. The summed E-state index contributed by atoms with van der Waals surface area (Å²) in [6.45, 7) is 0.455. The standard InChI is InChI=1S/C13H16ClFN2O2S/c1-20-7-3-2-6-16-12(18)13(19)17-9-4-5-11(15)10(14)8-9/h4-5,8H,2-3,6-7H2,1H3,(H,16,18)(H,17,19). The first-order valence-corrected chi connectivity index (χ1v) is 7.85. The van der Waals surface area contributed by atoms with Gasteiger partial charge in [-0.2, -0.15) is 11.8 Å². The van der Waals surface area contributed by atoms with Crippen LogP contribution >= 0.6 is 23.4 Å². The van der Waals surface area contributed by atoms with E-state index in [9.17, 15) is 14.0 Å². The first-order valence-electron chi connectivity index (χ1n) is 6.07. The molecule has 20 heavy (non-hydrogen) atoms. The van der Waals surface area contributed by atoms with Crippen LogP contribution in [0.5, 0.6) is 0 Å². The predicted molar refractivity (Wildman–Crippen MR) is 80.7 cm³/mol. The van der Waals surface area contributed by atoms with Crippen molar-refractivity contribution in [3.8, 4) is 0 Å². The van der Waals surface area contributed by atoms with Gasteiger partial charge in [-0.15, -0.1) is 0 Å². The third-order valence-electron chi connectivity index (χ3n) is 2.44. The first-order chi connectivity index (χ1) is 9.54. The highest BCUT2D eigenvalue weighted by atomic mass is 35.5. The van der Waals surface area contributed by atoms with Crippen molar-refractivity contribution >= 4 is 40.9 Å². The van der Waals surface area contributed by atoms with Crippen molar-refractivity contribution in [2.75, 3.05) is 23.9 Å². The van der Waals surface area contributed by atoms with E-state index in [-0.39, 0.29) is 10.7 Å². The Kier molecular flexibility index (Phi) is 7.40. The minimum Gasteiger partial charge on any atom is -0.348 e. The van der Waals surface area contributed by atoms with Crippen molar-refractivity contribution in [1.82, 2.24) is 5.32 Å². The van der Waals surface area contributed by atoms with E-state index in [1.54, 1.807) is 11.8 Å². The molecule has 0 unspecified atom stereocenters. The molecular weight excluding hydrogens is 303 g/mol. The maximum Gasteiger partial charge on any atom is 0.313 e. The Morgan fingerprint density at radius 3 is 2.70 bits per heavy atom. The number of carbonyl (C=O) groups is 2. The van der Waals surface area contributed by atoms with E-state index in [0.717, 1.165) is 24.7 Å². The van der Waals surface area contributed by atoms with Gasteiger partial charge in [0.05, 0.1) is 5.02 Å². The number of nitrogens with one attached hydrogen (secondary N) is 2. The summed E-state index contributed by atoms with van der Waals surface area (Å²) in [7, 11) is 0. The summed E-state index contributed by atoms with van der Waals surface area (Å²) < 4.78 is 12.9. The van der Waals surface area contributed by atoms with Crippen LogP contribution in [0.25, 0.3) is 0 Å². The van der Waals surface area contributed by atoms with Gasteiger partial charge in [0.2, 0.25) is 0 Å². The molecule has 0 fully saturated rings. The number of amides is 2. The van der Waals surface area contributed by atoms with Crippen LogP contribution in [0.4, 0.5) is 10.1 Å². The third-order valence-corrected chi connectivity index (χ3v) is 3.43. The summed E-state index contributed by atoms with van der Waals surface area (Å²) >= 11 is 7.32. The van der Waals surface area contributed by atoms with Crippen molar-refractivity contribution < 1.29 is 14.0 Å². The largest absolute Gasteiger partial charge is 0.348 e. The molecule has 4 nitrogen and oxygen atoms in total. The number of thioether (sulfide) groups is 1. The molecule has 0 radical (unpaired) electrons. The molecule has 1 aromatic carbocycles. The smallest absolute Gasteiger partial charge is 0.313 e. The molecule has 1 rings (SSSR count). The second kappa shape index (κ2) is 8.81. The van der Waals surface area contributed by atoms with Gasteiger partial charge >= 0.3 is 11.8 Å². The molecule has 2 amide bonds. The Hall–Kier alpha value is -1.27. The molecule has 0 atom stereocenters. The summed E-state index contributed by atoms with van der Waals surface area (Å²) in [5.74, 6) is -1.06. The molecule has 0 aliphatic carbocycles. The lowest BCUT2D eigenvalue weighted by Crippen LogP contribution is -2.35. The second-order valence-corrected chi connectivity index (χ2v) is 5.43.